The molecule has 1 aliphatic heterocycles. The molecule has 11 heteroatoms. The Bertz CT molecular complexity index is 1260. The Morgan fingerprint density at radius 3 is 2.31 bits per heavy atom. The van der Waals surface area contributed by atoms with E-state index in [-0.39, 0.29) is 5.95 Å². The fourth-order valence-electron chi connectivity index (χ4n) is 3.76. The molecule has 2 heterocycles. The largest absolute Gasteiger partial charge is 0.493 e. The summed E-state index contributed by atoms with van der Waals surface area (Å²) >= 11 is 6.07. The number of methoxy groups -OCH3 is 3. The molecular weight excluding hydrogens is 484 g/mol. The van der Waals surface area contributed by atoms with E-state index in [0.29, 0.717) is 71.2 Å². The highest BCUT2D eigenvalue weighted by atomic mass is 35.5. The average molecular weight is 509 g/mol. The molecule has 0 bridgehead atoms. The molecule has 2 aromatic carbocycles. The van der Waals surface area contributed by atoms with Crippen molar-refractivity contribution in [1.82, 2.24) is 9.97 Å². The van der Waals surface area contributed by atoms with Crippen LogP contribution in [-0.4, -0.2) is 63.8 Å². The van der Waals surface area contributed by atoms with Gasteiger partial charge in [-0.1, -0.05) is 23.7 Å². The van der Waals surface area contributed by atoms with Crippen molar-refractivity contribution < 1.29 is 18.9 Å². The van der Waals surface area contributed by atoms with Crippen molar-refractivity contribution in [2.75, 3.05) is 58.0 Å². The lowest BCUT2D eigenvalue weighted by Crippen LogP contribution is -2.37. The van der Waals surface area contributed by atoms with Crippen LogP contribution in [0.25, 0.3) is 11.3 Å². The highest BCUT2D eigenvalue weighted by Crippen LogP contribution is 2.38. The van der Waals surface area contributed by atoms with Crippen molar-refractivity contribution in [3.8, 4) is 34.6 Å². The number of nitrogens with one attached hydrogen (secondary N) is 1. The Morgan fingerprint density at radius 2 is 1.72 bits per heavy atom. The van der Waals surface area contributed by atoms with E-state index in [1.165, 1.54) is 0 Å². The Hall–Kier alpha value is -4.07. The van der Waals surface area contributed by atoms with Gasteiger partial charge in [0.15, 0.2) is 17.3 Å². The van der Waals surface area contributed by atoms with Gasteiger partial charge in [0.25, 0.3) is 0 Å². The molecule has 0 aliphatic carbocycles. The van der Waals surface area contributed by atoms with E-state index < -0.39 is 0 Å². The van der Waals surface area contributed by atoms with Gasteiger partial charge in [-0.05, 0) is 24.3 Å². The third-order valence-corrected chi connectivity index (χ3v) is 5.75. The predicted molar refractivity (Wildman–Crippen MR) is 138 cm³/mol. The molecule has 10 nitrogen and oxygen atoms in total. The predicted octanol–water partition coefficient (Wildman–Crippen LogP) is 3.98. The van der Waals surface area contributed by atoms with Gasteiger partial charge in [-0.25, -0.2) is 10.4 Å². The summed E-state index contributed by atoms with van der Waals surface area (Å²) in [7, 11) is 4.64. The lowest BCUT2D eigenvalue weighted by atomic mass is 10.1. The van der Waals surface area contributed by atoms with E-state index in [2.05, 4.69) is 26.6 Å². The van der Waals surface area contributed by atoms with E-state index >= 15 is 0 Å². The number of ether oxygens (including phenoxy) is 4. The van der Waals surface area contributed by atoms with Crippen LogP contribution in [-0.2, 0) is 4.74 Å². The van der Waals surface area contributed by atoms with Crippen molar-refractivity contribution in [3.63, 3.8) is 0 Å². The summed E-state index contributed by atoms with van der Waals surface area (Å²) < 4.78 is 21.6. The van der Waals surface area contributed by atoms with Crippen molar-refractivity contribution in [2.45, 2.75) is 0 Å². The van der Waals surface area contributed by atoms with Gasteiger partial charge in [0.2, 0.25) is 11.7 Å². The van der Waals surface area contributed by atoms with E-state index in [0.717, 1.165) is 5.56 Å². The summed E-state index contributed by atoms with van der Waals surface area (Å²) in [5.74, 6) is 2.26. The zero-order valence-electron chi connectivity index (χ0n) is 20.1. The maximum absolute atomic E-state index is 10.0. The SMILES string of the molecule is COc1cc(C=NNc2nc(-c3ccc(Cl)cc3)c(C#N)c(N3CCOCC3)n2)cc(OC)c1OC. The number of aromatic nitrogens is 2. The number of nitriles is 1. The molecule has 4 rings (SSSR count). The molecule has 0 spiro atoms. The first kappa shape index (κ1) is 25.0. The number of benzene rings is 2. The van der Waals surface area contributed by atoms with Crippen LogP contribution >= 0.6 is 11.6 Å². The Balaban J connectivity index is 1.71. The zero-order valence-corrected chi connectivity index (χ0v) is 20.9. The first-order valence-corrected chi connectivity index (χ1v) is 11.5. The molecule has 0 amide bonds. The zero-order chi connectivity index (χ0) is 25.5. The second kappa shape index (κ2) is 11.6. The highest BCUT2D eigenvalue weighted by Gasteiger charge is 2.22. The van der Waals surface area contributed by atoms with E-state index in [9.17, 15) is 5.26 Å². The number of hydrogen-bond donors (Lipinski definition) is 1. The molecule has 0 saturated carbocycles. The number of morpholine rings is 1. The number of nitrogens with zero attached hydrogens (tertiary/aromatic N) is 5. The van der Waals surface area contributed by atoms with Crippen LogP contribution in [0.4, 0.5) is 11.8 Å². The van der Waals surface area contributed by atoms with Crippen molar-refractivity contribution in [3.05, 3.63) is 52.5 Å². The number of hydrogen-bond acceptors (Lipinski definition) is 10. The Morgan fingerprint density at radius 1 is 1.06 bits per heavy atom. The monoisotopic (exact) mass is 508 g/mol. The fourth-order valence-corrected chi connectivity index (χ4v) is 3.89. The standard InChI is InChI=1S/C25H25ClN6O4/c1-33-20-12-16(13-21(34-2)23(20)35-3)15-28-31-25-29-22(17-4-6-18(26)7-5-17)19(14-27)24(30-25)32-8-10-36-11-9-32/h4-7,12-13,15H,8-11H2,1-3H3,(H,29,30,31). The van der Waals surface area contributed by atoms with E-state index in [1.54, 1.807) is 51.8 Å². The summed E-state index contributed by atoms with van der Waals surface area (Å²) in [5, 5.41) is 14.9. The second-order valence-electron chi connectivity index (χ2n) is 7.64. The third-order valence-electron chi connectivity index (χ3n) is 5.50. The van der Waals surface area contributed by atoms with Crippen LogP contribution in [0, 0.1) is 11.3 Å². The Labute approximate surface area is 214 Å². The molecule has 36 heavy (non-hydrogen) atoms. The average Bonchev–Trinajstić information content (AvgIpc) is 2.92. The Kier molecular flexibility index (Phi) is 8.05. The molecule has 1 aromatic heterocycles. The molecule has 1 saturated heterocycles. The van der Waals surface area contributed by atoms with E-state index in [4.69, 9.17) is 30.5 Å². The number of halogens is 1. The summed E-state index contributed by atoms with van der Waals surface area (Å²) in [5.41, 5.74) is 5.19. The van der Waals surface area contributed by atoms with Crippen LogP contribution in [0.15, 0.2) is 41.5 Å². The van der Waals surface area contributed by atoms with Gasteiger partial charge < -0.3 is 23.8 Å². The molecule has 0 atom stereocenters. The highest BCUT2D eigenvalue weighted by molar-refractivity contribution is 6.30. The topological polar surface area (TPSA) is 114 Å². The van der Waals surface area contributed by atoms with Gasteiger partial charge >= 0.3 is 0 Å². The number of rotatable bonds is 8. The van der Waals surface area contributed by atoms with Gasteiger partial charge in [0.1, 0.15) is 11.6 Å². The molecular formula is C25H25ClN6O4. The van der Waals surface area contributed by atoms with Crippen LogP contribution < -0.4 is 24.5 Å². The van der Waals surface area contributed by atoms with Crippen molar-refractivity contribution >= 4 is 29.6 Å². The summed E-state index contributed by atoms with van der Waals surface area (Å²) in [6, 6.07) is 13.0. The minimum atomic E-state index is 0.240. The molecule has 1 N–H and O–H groups in total. The van der Waals surface area contributed by atoms with Gasteiger partial charge in [0.05, 0.1) is 46.5 Å². The maximum atomic E-state index is 10.0. The maximum Gasteiger partial charge on any atom is 0.246 e. The normalized spacial score (nSPS) is 13.4. The fraction of sp³-hybridized carbons (Fsp3) is 0.280. The molecule has 3 aromatic rings. The van der Waals surface area contributed by atoms with Crippen LogP contribution in [0.1, 0.15) is 11.1 Å². The van der Waals surface area contributed by atoms with Gasteiger partial charge in [0, 0.05) is 29.2 Å². The summed E-state index contributed by atoms with van der Waals surface area (Å²) in [6.45, 7) is 2.32. The van der Waals surface area contributed by atoms with Crippen LogP contribution in [0.3, 0.4) is 0 Å². The van der Waals surface area contributed by atoms with Gasteiger partial charge in [-0.15, -0.1) is 0 Å². The van der Waals surface area contributed by atoms with Gasteiger partial charge in [-0.2, -0.15) is 15.3 Å². The first-order chi connectivity index (χ1) is 17.6. The van der Waals surface area contributed by atoms with Crippen molar-refractivity contribution in [2.24, 2.45) is 5.10 Å². The minimum absolute atomic E-state index is 0.240. The number of hydrazone groups is 1. The van der Waals surface area contributed by atoms with Crippen LogP contribution in [0.2, 0.25) is 5.02 Å². The smallest absolute Gasteiger partial charge is 0.246 e. The third kappa shape index (κ3) is 5.43. The molecule has 1 fully saturated rings. The number of anilines is 2. The molecule has 0 radical (unpaired) electrons. The van der Waals surface area contributed by atoms with Gasteiger partial charge in [-0.3, -0.25) is 0 Å². The lowest BCUT2D eigenvalue weighted by Gasteiger charge is -2.29. The lowest BCUT2D eigenvalue weighted by molar-refractivity contribution is 0.122. The molecule has 1 aliphatic rings. The second-order valence-corrected chi connectivity index (χ2v) is 8.08. The summed E-state index contributed by atoms with van der Waals surface area (Å²) in [4.78, 5) is 11.2. The molecule has 0 unspecified atom stereocenters. The summed E-state index contributed by atoms with van der Waals surface area (Å²) in [6.07, 6.45) is 1.59. The first-order valence-electron chi connectivity index (χ1n) is 11.1. The molecule has 186 valence electrons. The quantitative estimate of drug-likeness (QED) is 0.356. The van der Waals surface area contributed by atoms with Crippen LogP contribution in [0.5, 0.6) is 17.2 Å². The van der Waals surface area contributed by atoms with E-state index in [1.807, 2.05) is 17.0 Å². The minimum Gasteiger partial charge on any atom is -0.493 e. The van der Waals surface area contributed by atoms with Crippen molar-refractivity contribution in [1.29, 1.82) is 5.26 Å².